The van der Waals surface area contributed by atoms with Gasteiger partial charge in [0.15, 0.2) is 5.03 Å². The lowest BCUT2D eigenvalue weighted by Crippen LogP contribution is -2.41. The van der Waals surface area contributed by atoms with Crippen molar-refractivity contribution >= 4 is 33.4 Å². The maximum atomic E-state index is 13.7. The molecule has 5 rings (SSSR count). The first kappa shape index (κ1) is 32.6. The van der Waals surface area contributed by atoms with Gasteiger partial charge >= 0.3 is 0 Å². The Labute approximate surface area is 266 Å². The number of ether oxygens (including phenoxy) is 1. The molecule has 0 radical (unpaired) electrons. The highest BCUT2D eigenvalue weighted by atomic mass is 32.2. The standard InChI is InChI=1S/C33H45N7O4S/c1-32(2,3)26-17-15-23-30(36-26)40-21-22(20-33(40,4)5)14-16-25(24-10-8-12-28(35-24)39(6)18-19-44-7)34-27-11-9-13-29(37-27)45(42,43)38-31(23)41/h8-13,15,17,22,25H,14,16,18-21H2,1-7H3,(H,34,37)(H,38,41)/t22-,25+/m0/s1. The van der Waals surface area contributed by atoms with Crippen molar-refractivity contribution in [3.8, 4) is 0 Å². The molecule has 1 amide bonds. The predicted octanol–water partition coefficient (Wildman–Crippen LogP) is 4.92. The van der Waals surface area contributed by atoms with Crippen LogP contribution in [0.25, 0.3) is 0 Å². The van der Waals surface area contributed by atoms with Gasteiger partial charge in [0.2, 0.25) is 0 Å². The normalized spacial score (nSPS) is 21.1. The van der Waals surface area contributed by atoms with Crippen LogP contribution >= 0.6 is 0 Å². The highest BCUT2D eigenvalue weighted by molar-refractivity contribution is 7.90. The SMILES string of the molecule is COCCN(C)c1cccc([C@H]2CC[C@@H]3CN(c4nc(C(C)(C)C)ccc4C(=O)NS(=O)(=O)c4cccc(n4)N2)C(C)(C)C3)n1. The number of amides is 1. The molecule has 12 heteroatoms. The van der Waals surface area contributed by atoms with Gasteiger partial charge in [-0.25, -0.2) is 19.7 Å². The van der Waals surface area contributed by atoms with Crippen molar-refractivity contribution in [1.29, 1.82) is 0 Å². The van der Waals surface area contributed by atoms with E-state index < -0.39 is 15.9 Å². The number of carbonyl (C=O) groups excluding carboxylic acids is 1. The van der Waals surface area contributed by atoms with Crippen LogP contribution < -0.4 is 19.8 Å². The molecule has 45 heavy (non-hydrogen) atoms. The Morgan fingerprint density at radius 3 is 2.53 bits per heavy atom. The van der Waals surface area contributed by atoms with Crippen molar-refractivity contribution in [2.75, 3.05) is 49.0 Å². The quantitative estimate of drug-likeness (QED) is 0.398. The molecule has 1 fully saturated rings. The van der Waals surface area contributed by atoms with Crippen LogP contribution in [0.5, 0.6) is 0 Å². The third-order valence-electron chi connectivity index (χ3n) is 8.65. The summed E-state index contributed by atoms with van der Waals surface area (Å²) in [6.45, 7) is 12.5. The molecule has 2 aliphatic rings. The van der Waals surface area contributed by atoms with E-state index in [1.807, 2.05) is 30.1 Å². The van der Waals surface area contributed by atoms with E-state index in [2.05, 4.69) is 54.5 Å². The fourth-order valence-corrected chi connectivity index (χ4v) is 7.08. The number of fused-ring (bicyclic) bond motifs is 6. The molecular formula is C33H45N7O4S. The fourth-order valence-electron chi connectivity index (χ4n) is 6.14. The molecule has 1 saturated heterocycles. The van der Waals surface area contributed by atoms with Gasteiger partial charge in [0.05, 0.1) is 23.9 Å². The Balaban J connectivity index is 1.58. The Kier molecular flexibility index (Phi) is 9.10. The van der Waals surface area contributed by atoms with Crippen molar-refractivity contribution in [2.45, 2.75) is 75.9 Å². The maximum absolute atomic E-state index is 13.7. The molecule has 2 N–H and O–H groups in total. The minimum atomic E-state index is -4.29. The number of hydrogen-bond acceptors (Lipinski definition) is 10. The molecule has 0 aliphatic carbocycles. The second-order valence-corrected chi connectivity index (χ2v) is 15.3. The lowest BCUT2D eigenvalue weighted by Gasteiger charge is -2.34. The summed E-state index contributed by atoms with van der Waals surface area (Å²) in [6, 6.07) is 13.9. The van der Waals surface area contributed by atoms with Crippen molar-refractivity contribution in [3.05, 3.63) is 65.5 Å². The van der Waals surface area contributed by atoms with Crippen molar-refractivity contribution in [2.24, 2.45) is 5.92 Å². The second-order valence-electron chi connectivity index (χ2n) is 13.7. The first-order valence-electron chi connectivity index (χ1n) is 15.4. The van der Waals surface area contributed by atoms with Crippen LogP contribution in [0.15, 0.2) is 53.6 Å². The average Bonchev–Trinajstić information content (AvgIpc) is 3.30. The summed E-state index contributed by atoms with van der Waals surface area (Å²) in [5, 5.41) is 3.21. The first-order valence-corrected chi connectivity index (χ1v) is 16.9. The smallest absolute Gasteiger partial charge is 0.281 e. The van der Waals surface area contributed by atoms with Crippen molar-refractivity contribution in [1.82, 2.24) is 19.7 Å². The molecule has 5 heterocycles. The number of hydrogen-bond donors (Lipinski definition) is 2. The van der Waals surface area contributed by atoms with Crippen molar-refractivity contribution < 1.29 is 17.9 Å². The van der Waals surface area contributed by atoms with Gasteiger partial charge in [0.1, 0.15) is 17.5 Å². The molecule has 3 aromatic heterocycles. The van der Waals surface area contributed by atoms with E-state index in [-0.39, 0.29) is 27.6 Å². The molecule has 0 unspecified atom stereocenters. The minimum absolute atomic E-state index is 0.223. The Bertz CT molecular complexity index is 1650. The van der Waals surface area contributed by atoms with Crippen LogP contribution in [0.1, 0.15) is 81.7 Å². The Hall–Kier alpha value is -3.77. The van der Waals surface area contributed by atoms with Gasteiger partial charge in [-0.2, -0.15) is 8.42 Å². The molecule has 0 saturated carbocycles. The van der Waals surface area contributed by atoms with Gasteiger partial charge in [-0.05, 0) is 75.4 Å². The number of sulfonamides is 1. The van der Waals surface area contributed by atoms with E-state index in [9.17, 15) is 13.2 Å². The lowest BCUT2D eigenvalue weighted by atomic mass is 9.90. The van der Waals surface area contributed by atoms with Gasteiger partial charge in [0, 0.05) is 43.9 Å². The molecule has 4 bridgehead atoms. The lowest BCUT2D eigenvalue weighted by molar-refractivity contribution is 0.0981. The number of likely N-dealkylation sites (N-methyl/N-ethyl adjacent to an activating group) is 1. The van der Waals surface area contributed by atoms with Crippen LogP contribution in [-0.4, -0.2) is 68.7 Å². The largest absolute Gasteiger partial charge is 0.383 e. The van der Waals surface area contributed by atoms with Crippen LogP contribution in [0.3, 0.4) is 0 Å². The number of nitrogens with one attached hydrogen (secondary N) is 2. The molecule has 2 aliphatic heterocycles. The molecule has 11 nitrogen and oxygen atoms in total. The summed E-state index contributed by atoms with van der Waals surface area (Å²) in [4.78, 5) is 32.3. The molecule has 3 aromatic rings. The zero-order valence-corrected chi connectivity index (χ0v) is 28.1. The van der Waals surface area contributed by atoms with Gasteiger partial charge in [-0.15, -0.1) is 0 Å². The zero-order valence-electron chi connectivity index (χ0n) is 27.3. The summed E-state index contributed by atoms with van der Waals surface area (Å²) in [5.74, 6) is 1.28. The van der Waals surface area contributed by atoms with Gasteiger partial charge < -0.3 is 19.9 Å². The third kappa shape index (κ3) is 7.22. The second kappa shape index (κ2) is 12.6. The van der Waals surface area contributed by atoms with Crippen LogP contribution in [0.2, 0.25) is 0 Å². The first-order chi connectivity index (χ1) is 21.2. The highest BCUT2D eigenvalue weighted by Gasteiger charge is 2.41. The number of carbonyl (C=O) groups is 1. The maximum Gasteiger partial charge on any atom is 0.281 e. The van der Waals surface area contributed by atoms with Gasteiger partial charge in [-0.1, -0.05) is 32.9 Å². The van der Waals surface area contributed by atoms with Crippen LogP contribution in [-0.2, 0) is 20.2 Å². The molecule has 2 atom stereocenters. The van der Waals surface area contributed by atoms with E-state index in [0.29, 0.717) is 37.3 Å². The molecular weight excluding hydrogens is 590 g/mol. The van der Waals surface area contributed by atoms with E-state index in [4.69, 9.17) is 14.7 Å². The van der Waals surface area contributed by atoms with E-state index in [1.54, 1.807) is 31.4 Å². The fraction of sp³-hybridized carbons (Fsp3) is 0.515. The average molecular weight is 636 g/mol. The number of pyridine rings is 3. The van der Waals surface area contributed by atoms with Gasteiger partial charge in [-0.3, -0.25) is 4.79 Å². The van der Waals surface area contributed by atoms with Gasteiger partial charge in [0.25, 0.3) is 15.9 Å². The number of aromatic nitrogens is 3. The van der Waals surface area contributed by atoms with Crippen LogP contribution in [0.4, 0.5) is 17.5 Å². The predicted molar refractivity (Wildman–Crippen MR) is 176 cm³/mol. The minimum Gasteiger partial charge on any atom is -0.383 e. The summed E-state index contributed by atoms with van der Waals surface area (Å²) in [7, 11) is -0.639. The van der Waals surface area contributed by atoms with E-state index in [0.717, 1.165) is 36.5 Å². The molecule has 0 spiro atoms. The summed E-state index contributed by atoms with van der Waals surface area (Å²) < 4.78 is 34.5. The zero-order chi connectivity index (χ0) is 32.6. The summed E-state index contributed by atoms with van der Waals surface area (Å²) in [5.41, 5.74) is 1.31. The number of nitrogens with zero attached hydrogens (tertiary/aromatic N) is 5. The summed E-state index contributed by atoms with van der Waals surface area (Å²) >= 11 is 0. The Morgan fingerprint density at radius 1 is 1.04 bits per heavy atom. The van der Waals surface area contributed by atoms with E-state index in [1.165, 1.54) is 6.07 Å². The number of anilines is 3. The molecule has 0 aromatic carbocycles. The topological polar surface area (TPSA) is 130 Å². The third-order valence-corrected chi connectivity index (χ3v) is 9.88. The number of rotatable bonds is 5. The Morgan fingerprint density at radius 2 is 1.80 bits per heavy atom. The monoisotopic (exact) mass is 635 g/mol. The molecule has 242 valence electrons. The van der Waals surface area contributed by atoms with Crippen molar-refractivity contribution in [3.63, 3.8) is 0 Å². The number of methoxy groups -OCH3 is 1. The summed E-state index contributed by atoms with van der Waals surface area (Å²) in [6.07, 6.45) is 2.51. The van der Waals surface area contributed by atoms with E-state index >= 15 is 0 Å². The van der Waals surface area contributed by atoms with Crippen LogP contribution in [0, 0.1) is 5.92 Å². The highest BCUT2D eigenvalue weighted by Crippen LogP contribution is 2.41.